The van der Waals surface area contributed by atoms with Crippen molar-refractivity contribution in [1.82, 2.24) is 0 Å². The van der Waals surface area contributed by atoms with Crippen molar-refractivity contribution in [2.24, 2.45) is 0 Å². The monoisotopic (exact) mass is 171 g/mol. The Labute approximate surface area is 59.3 Å². The zero-order valence-electron chi connectivity index (χ0n) is 5.51. The summed E-state index contributed by atoms with van der Waals surface area (Å²) in [6, 6.07) is 1.75. The Bertz CT molecular complexity index is 158. The predicted molar refractivity (Wildman–Crippen MR) is 33.6 cm³/mol. The zero-order valence-corrected chi connectivity index (χ0v) is 6.33. The minimum absolute atomic E-state index is 1.00. The number of hydrogen-bond acceptors (Lipinski definition) is 4. The number of aliphatic hydroxyl groups excluding tert-OH is 1. The first-order chi connectivity index (χ1) is 4.41. The van der Waals surface area contributed by atoms with Crippen molar-refractivity contribution in [2.45, 2.75) is 6.92 Å². The van der Waals surface area contributed by atoms with Crippen molar-refractivity contribution >= 4 is 10.4 Å². The van der Waals surface area contributed by atoms with E-state index in [4.69, 9.17) is 27.9 Å². The van der Waals surface area contributed by atoms with Crippen molar-refractivity contribution in [1.29, 1.82) is 5.26 Å². The van der Waals surface area contributed by atoms with E-state index < -0.39 is 10.4 Å². The van der Waals surface area contributed by atoms with Crippen LogP contribution in [0.3, 0.4) is 0 Å². The van der Waals surface area contributed by atoms with Crippen molar-refractivity contribution < 1.29 is 22.6 Å². The molecule has 0 fully saturated rings. The van der Waals surface area contributed by atoms with Crippen molar-refractivity contribution in [3.63, 3.8) is 0 Å². The normalized spacial score (nSPS) is 7.20. The molecule has 0 saturated heterocycles. The van der Waals surface area contributed by atoms with E-state index in [0.29, 0.717) is 0 Å². The van der Waals surface area contributed by atoms with Gasteiger partial charge in [-0.25, -0.2) is 0 Å². The Morgan fingerprint density at radius 3 is 1.30 bits per heavy atom. The summed E-state index contributed by atoms with van der Waals surface area (Å²) < 4.78 is 31.6. The van der Waals surface area contributed by atoms with Crippen molar-refractivity contribution in [2.75, 3.05) is 7.11 Å². The van der Waals surface area contributed by atoms with Crippen LogP contribution in [-0.4, -0.2) is 29.7 Å². The first-order valence-corrected chi connectivity index (χ1v) is 3.27. The second-order valence-corrected chi connectivity index (χ2v) is 1.57. The van der Waals surface area contributed by atoms with Gasteiger partial charge >= 0.3 is 10.4 Å². The van der Waals surface area contributed by atoms with Gasteiger partial charge in [0.25, 0.3) is 0 Å². The van der Waals surface area contributed by atoms with Crippen LogP contribution in [0.15, 0.2) is 0 Å². The fourth-order valence-electron chi connectivity index (χ4n) is 0. The second-order valence-electron chi connectivity index (χ2n) is 0.671. The van der Waals surface area contributed by atoms with Crippen molar-refractivity contribution in [3.8, 4) is 6.07 Å². The minimum Gasteiger partial charge on any atom is -0.400 e. The smallest absolute Gasteiger partial charge is 0.394 e. The lowest BCUT2D eigenvalue weighted by molar-refractivity contribution is 0.381. The average molecular weight is 171 g/mol. The molecule has 0 amide bonds. The summed E-state index contributed by atoms with van der Waals surface area (Å²) in [4.78, 5) is 0. The van der Waals surface area contributed by atoms with Crippen LogP contribution in [0.4, 0.5) is 0 Å². The maximum atomic E-state index is 8.74. The predicted octanol–water partition coefficient (Wildman–Crippen LogP) is -0.514. The Hall–Kier alpha value is -0.680. The van der Waals surface area contributed by atoms with E-state index >= 15 is 0 Å². The molecule has 0 aromatic rings. The topological polar surface area (TPSA) is 119 Å². The molecule has 62 valence electrons. The van der Waals surface area contributed by atoms with Gasteiger partial charge in [0.05, 0.1) is 6.07 Å². The Morgan fingerprint density at radius 2 is 1.30 bits per heavy atom. The Kier molecular flexibility index (Phi) is 18.0. The quantitative estimate of drug-likeness (QED) is 0.422. The van der Waals surface area contributed by atoms with Gasteiger partial charge in [-0.1, -0.05) is 0 Å². The van der Waals surface area contributed by atoms with Crippen LogP contribution in [-0.2, 0) is 10.4 Å². The van der Waals surface area contributed by atoms with Crippen LogP contribution in [0.25, 0.3) is 0 Å². The van der Waals surface area contributed by atoms with Crippen LogP contribution >= 0.6 is 0 Å². The largest absolute Gasteiger partial charge is 0.400 e. The van der Waals surface area contributed by atoms with Crippen LogP contribution in [0, 0.1) is 11.3 Å². The second kappa shape index (κ2) is 11.2. The highest BCUT2D eigenvalue weighted by Crippen LogP contribution is 1.59. The van der Waals surface area contributed by atoms with E-state index in [-0.39, 0.29) is 0 Å². The van der Waals surface area contributed by atoms with Gasteiger partial charge in [-0.15, -0.1) is 0 Å². The van der Waals surface area contributed by atoms with E-state index in [2.05, 4.69) is 0 Å². The minimum atomic E-state index is -4.67. The number of nitriles is 1. The van der Waals surface area contributed by atoms with Crippen LogP contribution in [0.5, 0.6) is 0 Å². The molecule has 7 heteroatoms. The summed E-state index contributed by atoms with van der Waals surface area (Å²) in [5.74, 6) is 0. The summed E-state index contributed by atoms with van der Waals surface area (Å²) in [7, 11) is -3.67. The van der Waals surface area contributed by atoms with Gasteiger partial charge in [-0.2, -0.15) is 13.7 Å². The highest BCUT2D eigenvalue weighted by atomic mass is 32.3. The van der Waals surface area contributed by atoms with Gasteiger partial charge in [0.1, 0.15) is 0 Å². The summed E-state index contributed by atoms with van der Waals surface area (Å²) in [6.45, 7) is 1.43. The number of nitrogens with zero attached hydrogens (tertiary/aromatic N) is 1. The molecular weight excluding hydrogens is 162 g/mol. The maximum Gasteiger partial charge on any atom is 0.394 e. The van der Waals surface area contributed by atoms with Gasteiger partial charge in [0.15, 0.2) is 0 Å². The van der Waals surface area contributed by atoms with Crippen LogP contribution < -0.4 is 0 Å². The molecular formula is C3H9NO5S. The fraction of sp³-hybridized carbons (Fsp3) is 0.667. The van der Waals surface area contributed by atoms with Gasteiger partial charge < -0.3 is 5.11 Å². The highest BCUT2D eigenvalue weighted by molar-refractivity contribution is 7.79. The molecule has 0 aromatic carbocycles. The molecule has 0 heterocycles. The summed E-state index contributed by atoms with van der Waals surface area (Å²) >= 11 is 0. The van der Waals surface area contributed by atoms with Gasteiger partial charge in [-0.05, 0) is 0 Å². The van der Waals surface area contributed by atoms with Gasteiger partial charge in [-0.3, -0.25) is 9.11 Å². The number of aliphatic hydroxyl groups is 1. The third kappa shape index (κ3) is 632. The maximum absolute atomic E-state index is 8.74. The zero-order chi connectivity index (χ0) is 9.21. The lowest BCUT2D eigenvalue weighted by Crippen LogP contribution is -1.89. The Morgan fingerprint density at radius 1 is 1.30 bits per heavy atom. The fourth-order valence-corrected chi connectivity index (χ4v) is 0. The van der Waals surface area contributed by atoms with E-state index in [9.17, 15) is 0 Å². The van der Waals surface area contributed by atoms with Gasteiger partial charge in [0, 0.05) is 14.0 Å². The molecule has 0 aliphatic carbocycles. The molecule has 3 N–H and O–H groups in total. The SMILES string of the molecule is CC#N.CO.O=S(=O)(O)O. The molecule has 0 aliphatic heterocycles. The lowest BCUT2D eigenvalue weighted by atomic mass is 11.0. The standard InChI is InChI=1S/C2H3N.CH4O.H2O4S/c1-2-3;1-2;1-5(2,3)4/h1H3;2H,1H3;(H2,1,2,3,4). The molecule has 6 nitrogen and oxygen atoms in total. The lowest BCUT2D eigenvalue weighted by Gasteiger charge is -1.68. The third-order valence-corrected chi connectivity index (χ3v) is 0. The first kappa shape index (κ1) is 16.2. The molecule has 0 rings (SSSR count). The molecule has 0 aromatic heterocycles. The van der Waals surface area contributed by atoms with Crippen LogP contribution in [0.2, 0.25) is 0 Å². The van der Waals surface area contributed by atoms with E-state index in [1.54, 1.807) is 6.07 Å². The van der Waals surface area contributed by atoms with E-state index in [1.165, 1.54) is 6.92 Å². The van der Waals surface area contributed by atoms with Gasteiger partial charge in [0.2, 0.25) is 0 Å². The summed E-state index contributed by atoms with van der Waals surface area (Å²) in [5, 5.41) is 14.3. The third-order valence-electron chi connectivity index (χ3n) is 0. The molecule has 10 heavy (non-hydrogen) atoms. The summed E-state index contributed by atoms with van der Waals surface area (Å²) in [6.07, 6.45) is 0. The average Bonchev–Trinajstić information content (AvgIpc) is 1.68. The highest BCUT2D eigenvalue weighted by Gasteiger charge is 1.84. The molecule has 0 saturated carbocycles. The number of hydrogen-bond donors (Lipinski definition) is 3. The van der Waals surface area contributed by atoms with Crippen LogP contribution in [0.1, 0.15) is 6.92 Å². The molecule has 0 aliphatic rings. The van der Waals surface area contributed by atoms with E-state index in [1.807, 2.05) is 0 Å². The molecule has 0 bridgehead atoms. The Balaban J connectivity index is -0.0000000847. The van der Waals surface area contributed by atoms with Crippen molar-refractivity contribution in [3.05, 3.63) is 0 Å². The number of rotatable bonds is 0. The molecule has 0 unspecified atom stereocenters. The molecule has 0 radical (unpaired) electrons. The summed E-state index contributed by atoms with van der Waals surface area (Å²) in [5.41, 5.74) is 0. The first-order valence-electron chi connectivity index (χ1n) is 1.87. The molecule has 0 atom stereocenters. The molecule has 0 spiro atoms. The van der Waals surface area contributed by atoms with E-state index in [0.717, 1.165) is 7.11 Å².